The van der Waals surface area contributed by atoms with Gasteiger partial charge in [-0.1, -0.05) is 291 Å². The molecule has 0 atom stereocenters. The maximum atomic E-state index is 9.25. The molecule has 0 amide bonds. The molecule has 1 fully saturated rings. The molecule has 0 bridgehead atoms. The molecular weight excluding hydrogens is 1400 g/mol. The zero-order chi connectivity index (χ0) is 76.3. The molecule has 14 heteroatoms. The lowest BCUT2D eigenvalue weighted by Gasteiger charge is -2.32. The molecule has 1 aliphatic heterocycles. The number of fused-ring (bicyclic) bond motifs is 6. The van der Waals surface area contributed by atoms with Gasteiger partial charge in [0.2, 0.25) is 5.28 Å². The van der Waals surface area contributed by atoms with E-state index in [1.807, 2.05) is 194 Å². The van der Waals surface area contributed by atoms with Crippen molar-refractivity contribution < 1.29 is 18.1 Å². The van der Waals surface area contributed by atoms with Gasteiger partial charge in [-0.2, -0.15) is 20.5 Å². The number of para-hydroxylation sites is 2. The number of nitriles is 2. The summed E-state index contributed by atoms with van der Waals surface area (Å²) < 4.78 is 26.1. The molecule has 0 N–H and O–H groups in total. The molecule has 534 valence electrons. The molecular formula is C98H68BClN8O4. The minimum absolute atomic E-state index is 0.191. The molecule has 0 unspecified atom stereocenters. The molecule has 0 spiro atoms. The molecule has 14 aromatic carbocycles. The van der Waals surface area contributed by atoms with E-state index in [-0.39, 0.29) is 5.28 Å². The molecule has 4 aromatic heterocycles. The van der Waals surface area contributed by atoms with Crippen molar-refractivity contribution in [3.05, 3.63) is 356 Å². The highest BCUT2D eigenvalue weighted by Gasteiger charge is 2.53. The number of nitrogens with zero attached hydrogens (tertiary/aromatic N) is 8. The van der Waals surface area contributed by atoms with Crippen molar-refractivity contribution in [3.8, 4) is 136 Å². The Morgan fingerprint density at radius 2 is 0.562 bits per heavy atom. The van der Waals surface area contributed by atoms with Gasteiger partial charge in [0.05, 0.1) is 40.0 Å². The molecule has 19 rings (SSSR count). The Labute approximate surface area is 653 Å². The van der Waals surface area contributed by atoms with Gasteiger partial charge >= 0.3 is 7.12 Å². The lowest BCUT2D eigenvalue weighted by atomic mass is 9.73. The van der Waals surface area contributed by atoms with Crippen molar-refractivity contribution in [2.75, 3.05) is 0 Å². The fourth-order valence-electron chi connectivity index (χ4n) is 14.1. The Hall–Kier alpha value is -14.0. The van der Waals surface area contributed by atoms with E-state index in [4.69, 9.17) is 50.0 Å². The maximum Gasteiger partial charge on any atom is 0.499 e. The molecule has 12 nitrogen and oxygen atoms in total. The standard InChI is InChI=1S/C46H28N4O.C31H26BNO3.C21H14ClN3/c47-29-30-15-17-32(18-16-30)34-19-23-35(24-20-34)38-27-28-40-39-13-7-8-14-41(39)51-43(40)42(38)46-49-44(36-11-5-2-6-12-36)48-45(50-46)37-25-21-33(22-26-37)31-9-3-1-4-10-31;1-30(2)31(3,4)36-32(35-30)28-24(17-18-26-25-7-5-6-8-27(25)34-29(26)28)23-15-13-22(14-16-23)21-11-9-20(19-33)10-12-21;22-21-24-19(17-9-5-2-6-10-17)23-20(25-21)18-13-11-16(12-14-18)15-7-3-1-4-8-15/h1-28H;5-18H,1-4H3;1-14H. The van der Waals surface area contributed by atoms with E-state index in [1.54, 1.807) is 0 Å². The second-order valence-corrected chi connectivity index (χ2v) is 28.6. The molecule has 18 aromatic rings. The van der Waals surface area contributed by atoms with Crippen LogP contribution in [0.4, 0.5) is 0 Å². The highest BCUT2D eigenvalue weighted by atomic mass is 35.5. The van der Waals surface area contributed by atoms with Gasteiger partial charge < -0.3 is 18.1 Å². The Balaban J connectivity index is 0.000000130. The maximum absolute atomic E-state index is 9.25. The zero-order valence-corrected chi connectivity index (χ0v) is 62.3. The van der Waals surface area contributed by atoms with Crippen molar-refractivity contribution in [1.82, 2.24) is 29.9 Å². The van der Waals surface area contributed by atoms with Crippen LogP contribution in [0, 0.1) is 22.7 Å². The highest BCUT2D eigenvalue weighted by molar-refractivity contribution is 6.67. The first-order chi connectivity index (χ1) is 54.8. The van der Waals surface area contributed by atoms with Crippen LogP contribution >= 0.6 is 11.6 Å². The summed E-state index contributed by atoms with van der Waals surface area (Å²) in [4.78, 5) is 28.4. The predicted octanol–water partition coefficient (Wildman–Crippen LogP) is 24.3. The third-order valence-corrected chi connectivity index (χ3v) is 20.9. The molecule has 1 saturated heterocycles. The van der Waals surface area contributed by atoms with Crippen LogP contribution in [0.25, 0.3) is 168 Å². The van der Waals surface area contributed by atoms with E-state index in [0.717, 1.165) is 138 Å². The van der Waals surface area contributed by atoms with E-state index in [9.17, 15) is 5.26 Å². The Bertz CT molecular complexity index is 6540. The normalized spacial score (nSPS) is 12.7. The Kier molecular flexibility index (Phi) is 19.3. The number of halogens is 1. The summed E-state index contributed by atoms with van der Waals surface area (Å²) in [6, 6.07) is 118. The minimum Gasteiger partial charge on any atom is -0.456 e. The minimum atomic E-state index is -0.563. The van der Waals surface area contributed by atoms with Gasteiger partial charge in [0.15, 0.2) is 29.1 Å². The van der Waals surface area contributed by atoms with E-state index in [1.165, 1.54) is 5.56 Å². The van der Waals surface area contributed by atoms with Crippen LogP contribution in [0.2, 0.25) is 5.28 Å². The Morgan fingerprint density at radius 1 is 0.277 bits per heavy atom. The zero-order valence-electron chi connectivity index (χ0n) is 61.5. The van der Waals surface area contributed by atoms with Gasteiger partial charge in [-0.05, 0) is 155 Å². The van der Waals surface area contributed by atoms with Gasteiger partial charge in [-0.3, -0.25) is 0 Å². The van der Waals surface area contributed by atoms with Crippen molar-refractivity contribution in [2.24, 2.45) is 0 Å². The van der Waals surface area contributed by atoms with Gasteiger partial charge in [-0.15, -0.1) is 0 Å². The molecule has 112 heavy (non-hydrogen) atoms. The van der Waals surface area contributed by atoms with Gasteiger partial charge in [0, 0.05) is 49.3 Å². The first kappa shape index (κ1) is 70.9. The number of rotatable bonds is 12. The van der Waals surface area contributed by atoms with Crippen LogP contribution in [0.3, 0.4) is 0 Å². The summed E-state index contributed by atoms with van der Waals surface area (Å²) in [6.45, 7) is 8.27. The fraction of sp³-hybridized carbons (Fsp3) is 0.0612. The van der Waals surface area contributed by atoms with Crippen molar-refractivity contribution in [3.63, 3.8) is 0 Å². The van der Waals surface area contributed by atoms with Crippen LogP contribution in [0.5, 0.6) is 0 Å². The summed E-state index contributed by atoms with van der Waals surface area (Å²) in [5.41, 5.74) is 21.7. The summed E-state index contributed by atoms with van der Waals surface area (Å²) in [7, 11) is -0.563. The third kappa shape index (κ3) is 14.4. The number of benzene rings is 14. The number of hydrogen-bond donors (Lipinski definition) is 0. The molecule has 5 heterocycles. The summed E-state index contributed by atoms with van der Waals surface area (Å²) in [6.07, 6.45) is 0. The largest absolute Gasteiger partial charge is 0.499 e. The van der Waals surface area contributed by atoms with E-state index < -0.39 is 18.3 Å². The smallest absolute Gasteiger partial charge is 0.456 e. The van der Waals surface area contributed by atoms with E-state index in [0.29, 0.717) is 40.2 Å². The monoisotopic (exact) mass is 1470 g/mol. The SMILES string of the molecule is CC1(C)OB(c2c(-c3ccc(-c4ccc(C#N)cc4)cc3)ccc3c2oc2ccccc23)OC1(C)C.Clc1nc(-c2ccccc2)nc(-c2ccc(-c3ccccc3)cc2)n1.N#Cc1ccc(-c2ccc(-c3ccc4c(oc5ccccc54)c3-c3nc(-c4ccccc4)nc(-c4ccc(-c5ccccc5)cc4)n3)cc2)cc1. The number of aromatic nitrogens is 6. The van der Waals surface area contributed by atoms with E-state index >= 15 is 0 Å². The van der Waals surface area contributed by atoms with Crippen LogP contribution < -0.4 is 5.46 Å². The lowest BCUT2D eigenvalue weighted by Crippen LogP contribution is -2.41. The van der Waals surface area contributed by atoms with Gasteiger partial charge in [-0.25, -0.2) is 19.9 Å². The number of hydrogen-bond acceptors (Lipinski definition) is 12. The quantitative estimate of drug-likeness (QED) is 0.106. The molecule has 0 radical (unpaired) electrons. The van der Waals surface area contributed by atoms with Crippen molar-refractivity contribution in [1.29, 1.82) is 10.5 Å². The average molecular weight is 1470 g/mol. The first-order valence-corrected chi connectivity index (χ1v) is 37.2. The van der Waals surface area contributed by atoms with Crippen LogP contribution in [-0.4, -0.2) is 48.2 Å². The number of furan rings is 2. The van der Waals surface area contributed by atoms with Crippen molar-refractivity contribution >= 4 is 68.1 Å². The van der Waals surface area contributed by atoms with Crippen LogP contribution in [0.1, 0.15) is 38.8 Å². The molecule has 0 saturated carbocycles. The van der Waals surface area contributed by atoms with Crippen molar-refractivity contribution in [2.45, 2.75) is 38.9 Å². The summed E-state index contributed by atoms with van der Waals surface area (Å²) in [5.74, 6) is 2.83. The fourth-order valence-corrected chi connectivity index (χ4v) is 14.2. The van der Waals surface area contributed by atoms with Gasteiger partial charge in [0.25, 0.3) is 0 Å². The molecule has 0 aliphatic carbocycles. The molecule has 1 aliphatic rings. The Morgan fingerprint density at radius 3 is 0.964 bits per heavy atom. The highest BCUT2D eigenvalue weighted by Crippen LogP contribution is 2.44. The third-order valence-electron chi connectivity index (χ3n) is 20.7. The van der Waals surface area contributed by atoms with E-state index in [2.05, 4.69) is 200 Å². The topological polar surface area (TPSA) is 170 Å². The predicted molar refractivity (Wildman–Crippen MR) is 451 cm³/mol. The van der Waals surface area contributed by atoms with Gasteiger partial charge in [0.1, 0.15) is 22.3 Å². The second kappa shape index (κ2) is 30.5. The summed E-state index contributed by atoms with van der Waals surface area (Å²) in [5, 5.41) is 22.7. The first-order valence-electron chi connectivity index (χ1n) is 36.9. The lowest BCUT2D eigenvalue weighted by molar-refractivity contribution is 0.00578. The second-order valence-electron chi connectivity index (χ2n) is 28.3. The van der Waals surface area contributed by atoms with Crippen LogP contribution in [0.15, 0.2) is 349 Å². The van der Waals surface area contributed by atoms with Crippen LogP contribution in [-0.2, 0) is 9.31 Å². The summed E-state index contributed by atoms with van der Waals surface area (Å²) >= 11 is 6.11. The average Bonchev–Trinajstić information content (AvgIpc) is 1.52.